The van der Waals surface area contributed by atoms with Gasteiger partial charge in [-0.05, 0) is 61.6 Å². The van der Waals surface area contributed by atoms with Gasteiger partial charge >= 0.3 is 0 Å². The summed E-state index contributed by atoms with van der Waals surface area (Å²) in [6.07, 6.45) is 4.63. The molecule has 2 atom stereocenters. The van der Waals surface area contributed by atoms with Crippen LogP contribution in [0.4, 0.5) is 17.6 Å². The molecule has 6 rings (SSSR count). The maximum absolute atomic E-state index is 13.9. The Morgan fingerprint density at radius 1 is 0.976 bits per heavy atom. The van der Waals surface area contributed by atoms with Gasteiger partial charge in [0.1, 0.15) is 5.69 Å². The van der Waals surface area contributed by atoms with Crippen molar-refractivity contribution in [1.29, 1.82) is 0 Å². The zero-order valence-electron chi connectivity index (χ0n) is 22.5. The highest BCUT2D eigenvalue weighted by atomic mass is 19.3. The first kappa shape index (κ1) is 27.6. The molecule has 0 saturated heterocycles. The number of halogens is 4. The van der Waals surface area contributed by atoms with Gasteiger partial charge in [0.2, 0.25) is 23.5 Å². The van der Waals surface area contributed by atoms with Crippen LogP contribution in [-0.4, -0.2) is 48.3 Å². The molecule has 3 heterocycles. The number of nitrogens with zero attached hydrogens (tertiary/aromatic N) is 5. The van der Waals surface area contributed by atoms with Crippen LogP contribution in [-0.2, 0) is 4.79 Å². The van der Waals surface area contributed by atoms with E-state index in [0.717, 1.165) is 12.8 Å². The highest BCUT2D eigenvalue weighted by Crippen LogP contribution is 2.45. The fourth-order valence-corrected chi connectivity index (χ4v) is 5.99. The van der Waals surface area contributed by atoms with Crippen LogP contribution in [0.5, 0.6) is 0 Å². The van der Waals surface area contributed by atoms with Gasteiger partial charge in [-0.3, -0.25) is 14.0 Å². The van der Waals surface area contributed by atoms with E-state index in [-0.39, 0.29) is 80.3 Å². The molecular formula is C27H31F4N7O3. The Balaban J connectivity index is 1.23. The van der Waals surface area contributed by atoms with Crippen LogP contribution in [0.3, 0.4) is 0 Å². The second-order valence-electron chi connectivity index (χ2n) is 11.8. The average Bonchev–Trinajstić information content (AvgIpc) is 3.50. The van der Waals surface area contributed by atoms with Gasteiger partial charge in [0.05, 0.1) is 23.5 Å². The fourth-order valence-electron chi connectivity index (χ4n) is 5.99. The molecule has 0 aromatic carbocycles. The van der Waals surface area contributed by atoms with Crippen LogP contribution in [0.15, 0.2) is 23.1 Å². The number of rotatable bonds is 9. The molecule has 41 heavy (non-hydrogen) atoms. The molecule has 0 spiro atoms. The summed E-state index contributed by atoms with van der Waals surface area (Å²) in [5, 5.41) is 13.2. The van der Waals surface area contributed by atoms with Gasteiger partial charge < -0.3 is 10.6 Å². The number of carbonyl (C=O) groups is 2. The van der Waals surface area contributed by atoms with E-state index in [2.05, 4.69) is 35.5 Å². The number of alkyl halides is 4. The summed E-state index contributed by atoms with van der Waals surface area (Å²) >= 11 is 0. The molecule has 3 aliphatic carbocycles. The van der Waals surface area contributed by atoms with Crippen molar-refractivity contribution >= 4 is 17.6 Å². The lowest BCUT2D eigenvalue weighted by Gasteiger charge is -2.34. The summed E-state index contributed by atoms with van der Waals surface area (Å²) < 4.78 is 60.6. The number of carbonyl (C=O) groups excluding carboxylic acids is 2. The Morgan fingerprint density at radius 2 is 1.63 bits per heavy atom. The predicted octanol–water partition coefficient (Wildman–Crippen LogP) is 4.72. The molecule has 10 nitrogen and oxygen atoms in total. The third kappa shape index (κ3) is 6.05. The van der Waals surface area contributed by atoms with Gasteiger partial charge in [-0.25, -0.2) is 32.2 Å². The molecule has 3 fully saturated rings. The standard InChI is InChI=1S/C27H31F4N7O3/c1-14-21(37-41-36-14)24(40)35-23(17-4-7-26(28,29)8-5-17)19-13-38-9-6-18(32-25(38)33-19)22(16-2-3-16)34-20(39)10-15-11-27(30,31)12-15/h6,9,13,15-17,22-23H,2-5,7-8,10-12H2,1H3,(H,34,39)(H,35,40)/t22-,23+/m1/s1. The molecule has 0 aliphatic heterocycles. The maximum atomic E-state index is 13.9. The third-order valence-electron chi connectivity index (χ3n) is 8.45. The van der Waals surface area contributed by atoms with Crippen molar-refractivity contribution in [3.05, 3.63) is 41.2 Å². The number of amides is 2. The van der Waals surface area contributed by atoms with Gasteiger partial charge in [-0.1, -0.05) is 5.16 Å². The summed E-state index contributed by atoms with van der Waals surface area (Å²) in [6, 6.07) is 0.727. The molecule has 0 unspecified atom stereocenters. The number of imidazole rings is 1. The highest BCUT2D eigenvalue weighted by molar-refractivity contribution is 5.93. The molecule has 2 N–H and O–H groups in total. The number of hydrogen-bond donors (Lipinski definition) is 2. The quantitative estimate of drug-likeness (QED) is 0.352. The first-order chi connectivity index (χ1) is 19.5. The largest absolute Gasteiger partial charge is 0.347 e. The minimum Gasteiger partial charge on any atom is -0.347 e. The Kier molecular flexibility index (Phi) is 6.97. The lowest BCUT2D eigenvalue weighted by Crippen LogP contribution is -2.39. The molecule has 14 heteroatoms. The monoisotopic (exact) mass is 577 g/mol. The van der Waals surface area contributed by atoms with E-state index in [0.29, 0.717) is 22.9 Å². The zero-order valence-corrected chi connectivity index (χ0v) is 22.5. The van der Waals surface area contributed by atoms with Gasteiger partial charge in [0.25, 0.3) is 5.91 Å². The lowest BCUT2D eigenvalue weighted by atomic mass is 9.79. The zero-order chi connectivity index (χ0) is 28.9. The van der Waals surface area contributed by atoms with Crippen LogP contribution in [0, 0.1) is 24.7 Å². The van der Waals surface area contributed by atoms with E-state index >= 15 is 0 Å². The topological polar surface area (TPSA) is 127 Å². The van der Waals surface area contributed by atoms with E-state index in [1.54, 1.807) is 29.8 Å². The third-order valence-corrected chi connectivity index (χ3v) is 8.45. The number of fused-ring (bicyclic) bond motifs is 1. The van der Waals surface area contributed by atoms with Crippen molar-refractivity contribution in [2.45, 2.75) is 88.6 Å². The van der Waals surface area contributed by atoms with E-state index < -0.39 is 23.8 Å². The Labute approximate surface area is 232 Å². The van der Waals surface area contributed by atoms with Crippen molar-refractivity contribution in [2.75, 3.05) is 0 Å². The molecular weight excluding hydrogens is 546 g/mol. The fraction of sp³-hybridized carbons (Fsp3) is 0.630. The molecule has 2 amide bonds. The second-order valence-corrected chi connectivity index (χ2v) is 11.8. The van der Waals surface area contributed by atoms with Crippen molar-refractivity contribution < 1.29 is 31.8 Å². The SMILES string of the molecule is Cc1nonc1C(=O)N[C@H](c1cn2ccc([C@H](NC(=O)CC3CC(F)(F)C3)C3CC3)nc2n1)C1CCC(F)(F)CC1. The Hall–Kier alpha value is -3.58. The van der Waals surface area contributed by atoms with Gasteiger partial charge in [-0.2, -0.15) is 0 Å². The maximum Gasteiger partial charge on any atom is 0.276 e. The lowest BCUT2D eigenvalue weighted by molar-refractivity contribution is -0.134. The first-order valence-electron chi connectivity index (χ1n) is 14.0. The predicted molar refractivity (Wildman–Crippen MR) is 135 cm³/mol. The molecule has 3 saturated carbocycles. The minimum atomic E-state index is -2.74. The smallest absolute Gasteiger partial charge is 0.276 e. The minimum absolute atomic E-state index is 0.00829. The Bertz CT molecular complexity index is 1440. The van der Waals surface area contributed by atoms with Gasteiger partial charge in [-0.15, -0.1) is 0 Å². The van der Waals surface area contributed by atoms with Crippen LogP contribution in [0.1, 0.15) is 97.4 Å². The van der Waals surface area contributed by atoms with E-state index in [9.17, 15) is 27.2 Å². The van der Waals surface area contributed by atoms with E-state index in [1.807, 2.05) is 0 Å². The number of nitrogens with one attached hydrogen (secondary N) is 2. The summed E-state index contributed by atoms with van der Waals surface area (Å²) in [4.78, 5) is 35.0. The molecule has 3 aromatic rings. The summed E-state index contributed by atoms with van der Waals surface area (Å²) in [5.74, 6) is -6.32. The van der Waals surface area contributed by atoms with Gasteiger partial charge in [0.15, 0.2) is 5.69 Å². The number of hydrogen-bond acceptors (Lipinski definition) is 7. The van der Waals surface area contributed by atoms with Crippen LogP contribution in [0.2, 0.25) is 0 Å². The van der Waals surface area contributed by atoms with Gasteiger partial charge in [0, 0.05) is 44.5 Å². The average molecular weight is 578 g/mol. The molecule has 0 radical (unpaired) electrons. The van der Waals surface area contributed by atoms with Crippen molar-refractivity contribution in [2.24, 2.45) is 17.8 Å². The summed E-state index contributed by atoms with van der Waals surface area (Å²) in [7, 11) is 0. The molecule has 0 bridgehead atoms. The van der Waals surface area contributed by atoms with Crippen LogP contribution >= 0.6 is 0 Å². The van der Waals surface area contributed by atoms with Crippen molar-refractivity contribution in [3.8, 4) is 0 Å². The summed E-state index contributed by atoms with van der Waals surface area (Å²) in [6.45, 7) is 1.58. The van der Waals surface area contributed by atoms with Crippen molar-refractivity contribution in [1.82, 2.24) is 35.3 Å². The molecule has 3 aromatic heterocycles. The summed E-state index contributed by atoms with van der Waals surface area (Å²) in [5.41, 5.74) is 1.38. The number of aromatic nitrogens is 5. The van der Waals surface area contributed by atoms with E-state index in [1.165, 1.54) is 0 Å². The van der Waals surface area contributed by atoms with Crippen molar-refractivity contribution in [3.63, 3.8) is 0 Å². The second kappa shape index (κ2) is 10.4. The Morgan fingerprint density at radius 3 is 2.27 bits per heavy atom. The normalized spacial score (nSPS) is 22.2. The van der Waals surface area contributed by atoms with E-state index in [4.69, 9.17) is 0 Å². The van der Waals surface area contributed by atoms with Crippen LogP contribution in [0.25, 0.3) is 5.78 Å². The molecule has 3 aliphatic rings. The van der Waals surface area contributed by atoms with Crippen LogP contribution < -0.4 is 10.6 Å². The number of aryl methyl sites for hydroxylation is 1. The molecule has 220 valence electrons. The first-order valence-corrected chi connectivity index (χ1v) is 14.0. The highest BCUT2D eigenvalue weighted by Gasteiger charge is 2.46.